The van der Waals surface area contributed by atoms with E-state index in [1.165, 1.54) is 5.56 Å². The quantitative estimate of drug-likeness (QED) is 0.730. The van der Waals surface area contributed by atoms with Crippen molar-refractivity contribution >= 4 is 6.41 Å². The zero-order chi connectivity index (χ0) is 9.80. The Balaban J connectivity index is 2.16. The molecule has 1 aliphatic heterocycles. The van der Waals surface area contributed by atoms with Crippen LogP contribution in [0.3, 0.4) is 0 Å². The van der Waals surface area contributed by atoms with Crippen molar-refractivity contribution in [2.45, 2.75) is 19.4 Å². The van der Waals surface area contributed by atoms with Crippen LogP contribution in [0.25, 0.3) is 0 Å². The lowest BCUT2D eigenvalue weighted by Crippen LogP contribution is -2.12. The molecule has 1 heterocycles. The molecule has 3 nitrogen and oxygen atoms in total. The zero-order valence-corrected chi connectivity index (χ0v) is 7.95. The fourth-order valence-corrected chi connectivity index (χ4v) is 1.68. The highest BCUT2D eigenvalue weighted by Gasteiger charge is 2.09. The van der Waals surface area contributed by atoms with Crippen molar-refractivity contribution < 1.29 is 9.53 Å². The normalized spacial score (nSPS) is 14.0. The predicted octanol–water partition coefficient (Wildman–Crippen LogP) is 1.26. The summed E-state index contributed by atoms with van der Waals surface area (Å²) in [5, 5.41) is 2.65. The molecule has 3 heteroatoms. The van der Waals surface area contributed by atoms with Gasteiger partial charge in [-0.15, -0.1) is 0 Å². The first-order valence-corrected chi connectivity index (χ1v) is 4.82. The summed E-state index contributed by atoms with van der Waals surface area (Å²) in [4.78, 5) is 10.1. The number of hydrogen-bond acceptors (Lipinski definition) is 2. The van der Waals surface area contributed by atoms with E-state index < -0.39 is 0 Å². The Labute approximate surface area is 83.1 Å². The number of carbonyl (C=O) groups is 1. The number of aryl methyl sites for hydroxylation is 1. The number of amides is 1. The lowest BCUT2D eigenvalue weighted by Gasteiger charge is -2.17. The Morgan fingerprint density at radius 3 is 3.29 bits per heavy atom. The van der Waals surface area contributed by atoms with Gasteiger partial charge in [0.05, 0.1) is 6.61 Å². The number of ether oxygens (including phenoxy) is 1. The summed E-state index contributed by atoms with van der Waals surface area (Å²) in [6.07, 6.45) is 2.87. The second-order valence-electron chi connectivity index (χ2n) is 3.39. The van der Waals surface area contributed by atoms with Gasteiger partial charge in [-0.05, 0) is 30.0 Å². The van der Waals surface area contributed by atoms with Crippen molar-refractivity contribution in [1.29, 1.82) is 0 Å². The molecule has 0 aromatic heterocycles. The minimum Gasteiger partial charge on any atom is -0.493 e. The van der Waals surface area contributed by atoms with Gasteiger partial charge in [0.15, 0.2) is 0 Å². The van der Waals surface area contributed by atoms with Crippen molar-refractivity contribution in [2.24, 2.45) is 0 Å². The van der Waals surface area contributed by atoms with Crippen LogP contribution in [0.2, 0.25) is 0 Å². The maximum absolute atomic E-state index is 10.1. The number of benzene rings is 1. The van der Waals surface area contributed by atoms with E-state index in [1.807, 2.05) is 12.1 Å². The molecule has 1 N–H and O–H groups in total. The molecule has 1 aromatic rings. The topological polar surface area (TPSA) is 38.3 Å². The van der Waals surface area contributed by atoms with E-state index >= 15 is 0 Å². The number of fused-ring (bicyclic) bond motifs is 1. The molecular weight excluding hydrogens is 178 g/mol. The first-order chi connectivity index (χ1) is 6.90. The van der Waals surface area contributed by atoms with E-state index in [0.717, 1.165) is 37.2 Å². The van der Waals surface area contributed by atoms with Gasteiger partial charge in [0, 0.05) is 6.54 Å². The number of hydrogen-bond donors (Lipinski definition) is 1. The van der Waals surface area contributed by atoms with Crippen LogP contribution in [0.1, 0.15) is 17.5 Å². The first kappa shape index (κ1) is 9.06. The summed E-state index contributed by atoms with van der Waals surface area (Å²) >= 11 is 0. The summed E-state index contributed by atoms with van der Waals surface area (Å²) in [6.45, 7) is 1.41. The van der Waals surface area contributed by atoms with E-state index in [1.54, 1.807) is 0 Å². The Morgan fingerprint density at radius 2 is 2.43 bits per heavy atom. The third kappa shape index (κ3) is 1.87. The maximum atomic E-state index is 10.1. The largest absolute Gasteiger partial charge is 0.493 e. The molecule has 74 valence electrons. The molecule has 0 saturated carbocycles. The Kier molecular flexibility index (Phi) is 2.68. The van der Waals surface area contributed by atoms with Gasteiger partial charge < -0.3 is 10.1 Å². The molecule has 1 amide bonds. The molecule has 0 aliphatic carbocycles. The number of rotatable bonds is 3. The SMILES string of the molecule is O=CNCc1ccc2c(c1)CCCO2. The molecule has 0 saturated heterocycles. The van der Waals surface area contributed by atoms with Crippen molar-refractivity contribution in [1.82, 2.24) is 5.32 Å². The van der Waals surface area contributed by atoms with Crippen LogP contribution in [0.15, 0.2) is 18.2 Å². The fraction of sp³-hybridized carbons (Fsp3) is 0.364. The molecular formula is C11H13NO2. The molecule has 0 fully saturated rings. The van der Waals surface area contributed by atoms with Crippen LogP contribution in [-0.2, 0) is 17.8 Å². The van der Waals surface area contributed by atoms with Gasteiger partial charge >= 0.3 is 0 Å². The molecule has 0 bridgehead atoms. The highest BCUT2D eigenvalue weighted by molar-refractivity contribution is 5.47. The van der Waals surface area contributed by atoms with Gasteiger partial charge in [-0.2, -0.15) is 0 Å². The van der Waals surface area contributed by atoms with Gasteiger partial charge in [0.25, 0.3) is 0 Å². The third-order valence-electron chi connectivity index (χ3n) is 2.36. The summed E-state index contributed by atoms with van der Waals surface area (Å²) in [5.41, 5.74) is 2.38. The Morgan fingerprint density at radius 1 is 1.50 bits per heavy atom. The van der Waals surface area contributed by atoms with E-state index in [4.69, 9.17) is 4.74 Å². The van der Waals surface area contributed by atoms with E-state index in [-0.39, 0.29) is 0 Å². The fourth-order valence-electron chi connectivity index (χ4n) is 1.68. The molecule has 14 heavy (non-hydrogen) atoms. The lowest BCUT2D eigenvalue weighted by atomic mass is 10.0. The second-order valence-corrected chi connectivity index (χ2v) is 3.39. The smallest absolute Gasteiger partial charge is 0.207 e. The van der Waals surface area contributed by atoms with E-state index in [2.05, 4.69) is 11.4 Å². The number of nitrogens with one attached hydrogen (secondary N) is 1. The second kappa shape index (κ2) is 4.13. The summed E-state index contributed by atoms with van der Waals surface area (Å²) in [6, 6.07) is 6.07. The molecule has 0 spiro atoms. The Hall–Kier alpha value is -1.51. The minimum absolute atomic E-state index is 0.594. The average molecular weight is 191 g/mol. The van der Waals surface area contributed by atoms with Gasteiger partial charge in [-0.25, -0.2) is 0 Å². The van der Waals surface area contributed by atoms with Gasteiger partial charge in [0.1, 0.15) is 5.75 Å². The highest BCUT2D eigenvalue weighted by Crippen LogP contribution is 2.25. The standard InChI is InChI=1S/C11H13NO2/c13-8-12-7-9-3-4-11-10(6-9)2-1-5-14-11/h3-4,6,8H,1-2,5,7H2,(H,12,13). The van der Waals surface area contributed by atoms with Crippen molar-refractivity contribution in [3.05, 3.63) is 29.3 Å². The molecule has 2 rings (SSSR count). The van der Waals surface area contributed by atoms with Crippen molar-refractivity contribution in [3.8, 4) is 5.75 Å². The van der Waals surface area contributed by atoms with Gasteiger partial charge in [-0.1, -0.05) is 12.1 Å². The summed E-state index contributed by atoms with van der Waals surface area (Å²) in [5.74, 6) is 0.992. The molecule has 0 atom stereocenters. The lowest BCUT2D eigenvalue weighted by molar-refractivity contribution is -0.109. The van der Waals surface area contributed by atoms with E-state index in [9.17, 15) is 4.79 Å². The van der Waals surface area contributed by atoms with Crippen LogP contribution in [0, 0.1) is 0 Å². The molecule has 0 radical (unpaired) electrons. The predicted molar refractivity (Wildman–Crippen MR) is 53.2 cm³/mol. The summed E-state index contributed by atoms with van der Waals surface area (Å²) < 4.78 is 5.49. The first-order valence-electron chi connectivity index (χ1n) is 4.82. The molecule has 0 unspecified atom stereocenters. The summed E-state index contributed by atoms with van der Waals surface area (Å²) in [7, 11) is 0. The van der Waals surface area contributed by atoms with Crippen LogP contribution in [-0.4, -0.2) is 13.0 Å². The monoisotopic (exact) mass is 191 g/mol. The zero-order valence-electron chi connectivity index (χ0n) is 7.95. The van der Waals surface area contributed by atoms with Crippen LogP contribution >= 0.6 is 0 Å². The van der Waals surface area contributed by atoms with Gasteiger partial charge in [0.2, 0.25) is 6.41 Å². The van der Waals surface area contributed by atoms with Crippen LogP contribution in [0.5, 0.6) is 5.75 Å². The highest BCUT2D eigenvalue weighted by atomic mass is 16.5. The minimum atomic E-state index is 0.594. The van der Waals surface area contributed by atoms with Crippen molar-refractivity contribution in [2.75, 3.05) is 6.61 Å². The van der Waals surface area contributed by atoms with Crippen LogP contribution in [0.4, 0.5) is 0 Å². The molecule has 1 aliphatic rings. The van der Waals surface area contributed by atoms with Crippen molar-refractivity contribution in [3.63, 3.8) is 0 Å². The Bertz CT molecular complexity index is 336. The van der Waals surface area contributed by atoms with E-state index in [0.29, 0.717) is 6.54 Å². The van der Waals surface area contributed by atoms with Gasteiger partial charge in [-0.3, -0.25) is 4.79 Å². The van der Waals surface area contributed by atoms with Crippen LogP contribution < -0.4 is 10.1 Å². The number of carbonyl (C=O) groups excluding carboxylic acids is 1. The molecule has 1 aromatic carbocycles. The maximum Gasteiger partial charge on any atom is 0.207 e. The average Bonchev–Trinajstić information content (AvgIpc) is 2.26. The third-order valence-corrected chi connectivity index (χ3v) is 2.36.